The number of hydrogen-bond donors (Lipinski definition) is 1. The zero-order valence-electron chi connectivity index (χ0n) is 7.95. The molecule has 0 bridgehead atoms. The second kappa shape index (κ2) is 2.89. The van der Waals surface area contributed by atoms with Gasteiger partial charge in [0.15, 0.2) is 11.5 Å². The van der Waals surface area contributed by atoms with E-state index in [4.69, 9.17) is 15.2 Å². The Labute approximate surface area is 82.8 Å². The summed E-state index contributed by atoms with van der Waals surface area (Å²) < 4.78 is 10.7. The Morgan fingerprint density at radius 3 is 2.64 bits per heavy atom. The Bertz CT molecular complexity index is 376. The average molecular weight is 191 g/mol. The van der Waals surface area contributed by atoms with Crippen molar-refractivity contribution in [3.8, 4) is 11.5 Å². The van der Waals surface area contributed by atoms with E-state index in [2.05, 4.69) is 12.1 Å². The number of hydrogen-bond acceptors (Lipinski definition) is 3. The van der Waals surface area contributed by atoms with E-state index < -0.39 is 0 Å². The van der Waals surface area contributed by atoms with Gasteiger partial charge in [-0.05, 0) is 42.5 Å². The third-order valence-corrected chi connectivity index (χ3v) is 2.96. The van der Waals surface area contributed by atoms with Gasteiger partial charge in [-0.25, -0.2) is 0 Å². The number of benzene rings is 1. The van der Waals surface area contributed by atoms with Crippen LogP contribution in [0.25, 0.3) is 0 Å². The van der Waals surface area contributed by atoms with Crippen LogP contribution in [0, 0.1) is 0 Å². The van der Waals surface area contributed by atoms with Gasteiger partial charge in [-0.15, -0.1) is 0 Å². The van der Waals surface area contributed by atoms with Crippen LogP contribution >= 0.6 is 0 Å². The van der Waals surface area contributed by atoms with E-state index in [0.717, 1.165) is 30.8 Å². The number of rotatable bonds is 0. The Balaban J connectivity index is 2.06. The smallest absolute Gasteiger partial charge is 0.231 e. The second-order valence-electron chi connectivity index (χ2n) is 3.98. The van der Waals surface area contributed by atoms with Crippen LogP contribution in [0.3, 0.4) is 0 Å². The summed E-state index contributed by atoms with van der Waals surface area (Å²) in [4.78, 5) is 0. The highest BCUT2D eigenvalue weighted by molar-refractivity contribution is 5.49. The molecule has 0 saturated heterocycles. The van der Waals surface area contributed by atoms with Crippen molar-refractivity contribution in [2.75, 3.05) is 6.79 Å². The molecule has 1 atom stereocenters. The van der Waals surface area contributed by atoms with Crippen LogP contribution in [0.1, 0.15) is 17.5 Å². The minimum Gasteiger partial charge on any atom is -0.454 e. The van der Waals surface area contributed by atoms with E-state index in [1.165, 1.54) is 11.1 Å². The molecule has 2 N–H and O–H groups in total. The van der Waals surface area contributed by atoms with Gasteiger partial charge in [0.05, 0.1) is 0 Å². The summed E-state index contributed by atoms with van der Waals surface area (Å²) >= 11 is 0. The molecular weight excluding hydrogens is 178 g/mol. The maximum atomic E-state index is 5.92. The second-order valence-corrected chi connectivity index (χ2v) is 3.98. The van der Waals surface area contributed by atoms with Crippen LogP contribution in [0.15, 0.2) is 12.1 Å². The number of nitrogens with two attached hydrogens (primary N) is 1. The number of ether oxygens (including phenoxy) is 2. The highest BCUT2D eigenvalue weighted by Crippen LogP contribution is 2.37. The van der Waals surface area contributed by atoms with Gasteiger partial charge >= 0.3 is 0 Å². The first-order valence-corrected chi connectivity index (χ1v) is 5.00. The zero-order valence-corrected chi connectivity index (χ0v) is 7.95. The lowest BCUT2D eigenvalue weighted by molar-refractivity contribution is 0.174. The van der Waals surface area contributed by atoms with E-state index in [0.29, 0.717) is 12.8 Å². The van der Waals surface area contributed by atoms with Gasteiger partial charge in [-0.2, -0.15) is 0 Å². The summed E-state index contributed by atoms with van der Waals surface area (Å²) in [5, 5.41) is 0. The van der Waals surface area contributed by atoms with Crippen molar-refractivity contribution in [3.05, 3.63) is 23.3 Å². The largest absolute Gasteiger partial charge is 0.454 e. The van der Waals surface area contributed by atoms with Gasteiger partial charge in [-0.1, -0.05) is 0 Å². The van der Waals surface area contributed by atoms with Gasteiger partial charge in [0, 0.05) is 6.04 Å². The highest BCUT2D eigenvalue weighted by Gasteiger charge is 2.21. The average Bonchev–Trinajstić information content (AvgIpc) is 2.61. The summed E-state index contributed by atoms with van der Waals surface area (Å²) in [6.45, 7) is 0.351. The lowest BCUT2D eigenvalue weighted by Gasteiger charge is -2.21. The van der Waals surface area contributed by atoms with Crippen LogP contribution in [0.2, 0.25) is 0 Å². The van der Waals surface area contributed by atoms with E-state index in [1.807, 2.05) is 0 Å². The molecule has 0 spiro atoms. The van der Waals surface area contributed by atoms with Gasteiger partial charge < -0.3 is 15.2 Å². The van der Waals surface area contributed by atoms with E-state index in [-0.39, 0.29) is 0 Å². The van der Waals surface area contributed by atoms with Crippen LogP contribution in [0.4, 0.5) is 0 Å². The van der Waals surface area contributed by atoms with Crippen LogP contribution in [0.5, 0.6) is 11.5 Å². The molecule has 3 nitrogen and oxygen atoms in total. The maximum Gasteiger partial charge on any atom is 0.231 e. The van der Waals surface area contributed by atoms with E-state index in [9.17, 15) is 0 Å². The van der Waals surface area contributed by atoms with Crippen molar-refractivity contribution < 1.29 is 9.47 Å². The fourth-order valence-corrected chi connectivity index (χ4v) is 2.17. The van der Waals surface area contributed by atoms with Crippen molar-refractivity contribution in [1.82, 2.24) is 0 Å². The minimum absolute atomic E-state index is 0.308. The number of fused-ring (bicyclic) bond motifs is 2. The highest BCUT2D eigenvalue weighted by atomic mass is 16.7. The van der Waals surface area contributed by atoms with Crippen molar-refractivity contribution in [2.45, 2.75) is 25.3 Å². The van der Waals surface area contributed by atoms with Crippen molar-refractivity contribution in [1.29, 1.82) is 0 Å². The summed E-state index contributed by atoms with van der Waals surface area (Å²) in [6, 6.07) is 4.49. The Hall–Kier alpha value is -1.22. The first-order valence-electron chi connectivity index (χ1n) is 5.00. The summed E-state index contributed by atoms with van der Waals surface area (Å²) in [6.07, 6.45) is 3.10. The molecule has 3 heteroatoms. The molecular formula is C11H13NO2. The van der Waals surface area contributed by atoms with Crippen molar-refractivity contribution >= 4 is 0 Å². The molecule has 0 radical (unpaired) electrons. The van der Waals surface area contributed by atoms with Gasteiger partial charge in [0.25, 0.3) is 0 Å². The summed E-state index contributed by atoms with van der Waals surface area (Å²) in [7, 11) is 0. The molecule has 1 aliphatic heterocycles. The van der Waals surface area contributed by atoms with Gasteiger partial charge in [-0.3, -0.25) is 0 Å². The zero-order chi connectivity index (χ0) is 9.54. The molecule has 1 aliphatic carbocycles. The first kappa shape index (κ1) is 8.12. The molecule has 0 amide bonds. The molecule has 0 unspecified atom stereocenters. The van der Waals surface area contributed by atoms with E-state index in [1.54, 1.807) is 0 Å². The fraction of sp³-hybridized carbons (Fsp3) is 0.455. The first-order chi connectivity index (χ1) is 6.83. The summed E-state index contributed by atoms with van der Waals surface area (Å²) in [5.74, 6) is 1.76. The predicted molar refractivity (Wildman–Crippen MR) is 52.6 cm³/mol. The standard InChI is InChI=1S/C11H13NO2/c12-9-2-1-7-4-10-11(14-6-13-10)5-8(7)3-9/h4-5,9H,1-3,6,12H2/t9-/m0/s1. The molecule has 74 valence electrons. The molecule has 1 aromatic rings. The third kappa shape index (κ3) is 1.16. The van der Waals surface area contributed by atoms with Crippen molar-refractivity contribution in [2.24, 2.45) is 5.73 Å². The number of aryl methyl sites for hydroxylation is 1. The Morgan fingerprint density at radius 2 is 1.86 bits per heavy atom. The van der Waals surface area contributed by atoms with Crippen LogP contribution < -0.4 is 15.2 Å². The minimum atomic E-state index is 0.308. The lowest BCUT2D eigenvalue weighted by atomic mass is 9.88. The maximum absolute atomic E-state index is 5.92. The third-order valence-electron chi connectivity index (χ3n) is 2.96. The molecule has 14 heavy (non-hydrogen) atoms. The van der Waals surface area contributed by atoms with Crippen LogP contribution in [-0.2, 0) is 12.8 Å². The Morgan fingerprint density at radius 1 is 1.14 bits per heavy atom. The molecule has 0 saturated carbocycles. The van der Waals surface area contributed by atoms with Gasteiger partial charge in [0.2, 0.25) is 6.79 Å². The van der Waals surface area contributed by atoms with Crippen molar-refractivity contribution in [3.63, 3.8) is 0 Å². The summed E-state index contributed by atoms with van der Waals surface area (Å²) in [5.41, 5.74) is 8.62. The van der Waals surface area contributed by atoms with Crippen LogP contribution in [-0.4, -0.2) is 12.8 Å². The predicted octanol–water partition coefficient (Wildman–Crippen LogP) is 1.23. The topological polar surface area (TPSA) is 44.5 Å². The molecule has 2 aliphatic rings. The van der Waals surface area contributed by atoms with Gasteiger partial charge in [0.1, 0.15) is 0 Å². The van der Waals surface area contributed by atoms with E-state index >= 15 is 0 Å². The molecule has 3 rings (SSSR count). The normalized spacial score (nSPS) is 23.4. The lowest BCUT2D eigenvalue weighted by Crippen LogP contribution is -2.27. The SMILES string of the molecule is N[C@H]1CCc2cc3c(cc2C1)OCO3. The monoisotopic (exact) mass is 191 g/mol. The quantitative estimate of drug-likeness (QED) is 0.670. The Kier molecular flexibility index (Phi) is 1.67. The molecule has 0 aromatic heterocycles. The molecule has 1 heterocycles. The molecule has 0 fully saturated rings. The fourth-order valence-electron chi connectivity index (χ4n) is 2.17. The molecule has 1 aromatic carbocycles.